The van der Waals surface area contributed by atoms with Crippen molar-refractivity contribution >= 4 is 6.29 Å². The van der Waals surface area contributed by atoms with Crippen LogP contribution in [0.25, 0.3) is 0 Å². The van der Waals surface area contributed by atoms with Gasteiger partial charge < -0.3 is 4.74 Å². The quantitative estimate of drug-likeness (QED) is 0.262. The van der Waals surface area contributed by atoms with Gasteiger partial charge in [0.05, 0.1) is 6.61 Å². The van der Waals surface area contributed by atoms with Crippen LogP contribution in [0.5, 0.6) is 0 Å². The van der Waals surface area contributed by atoms with E-state index in [2.05, 4.69) is 6.92 Å². The molecule has 2 nitrogen and oxygen atoms in total. The van der Waals surface area contributed by atoms with Crippen LogP contribution in [0.1, 0.15) is 39.0 Å². The Morgan fingerprint density at radius 2 is 2.23 bits per heavy atom. The normalized spacial score (nSPS) is 17.2. The van der Waals surface area contributed by atoms with Crippen molar-refractivity contribution in [3.63, 3.8) is 0 Å². The summed E-state index contributed by atoms with van der Waals surface area (Å²) in [6.45, 7) is 2.94. The Labute approximate surface area is 80.0 Å². The van der Waals surface area contributed by atoms with Crippen LogP contribution in [0.3, 0.4) is 0 Å². The van der Waals surface area contributed by atoms with E-state index in [0.29, 0.717) is 5.92 Å². The number of ether oxygens (including phenoxy) is 1. The molecule has 1 rings (SSSR count). The summed E-state index contributed by atoms with van der Waals surface area (Å²) in [7, 11) is 0. The van der Waals surface area contributed by atoms with Gasteiger partial charge in [0, 0.05) is 12.0 Å². The number of carbonyl (C=O) groups excluding carboxylic acids is 1. The van der Waals surface area contributed by atoms with E-state index in [1.807, 2.05) is 0 Å². The Bertz CT molecular complexity index is 181. The second-order valence-electron chi connectivity index (χ2n) is 3.53. The molecule has 0 atom stereocenters. The fourth-order valence-electron chi connectivity index (χ4n) is 1.28. The molecular weight excluding hydrogens is 164 g/mol. The molecule has 1 saturated carbocycles. The topological polar surface area (TPSA) is 26.3 Å². The number of aldehydes is 1. The number of rotatable bonds is 7. The van der Waals surface area contributed by atoms with Crippen molar-refractivity contribution < 1.29 is 9.53 Å². The summed E-state index contributed by atoms with van der Waals surface area (Å²) in [5.41, 5.74) is 0. The van der Waals surface area contributed by atoms with Crippen LogP contribution in [0.2, 0.25) is 0 Å². The SMILES string of the molecule is CCCCCOC(=CC=O)C1CC1. The molecule has 0 aromatic rings. The molecule has 13 heavy (non-hydrogen) atoms. The third kappa shape index (κ3) is 4.11. The van der Waals surface area contributed by atoms with Gasteiger partial charge in [0.15, 0.2) is 0 Å². The maximum Gasteiger partial charge on any atom is 0.146 e. The van der Waals surface area contributed by atoms with Crippen molar-refractivity contribution in [1.29, 1.82) is 0 Å². The highest BCUT2D eigenvalue weighted by Crippen LogP contribution is 2.36. The molecule has 0 radical (unpaired) electrons. The Kier molecular flexibility index (Phi) is 4.58. The van der Waals surface area contributed by atoms with Gasteiger partial charge in [-0.25, -0.2) is 0 Å². The van der Waals surface area contributed by atoms with Crippen LogP contribution in [0.15, 0.2) is 11.8 Å². The number of carbonyl (C=O) groups is 1. The van der Waals surface area contributed by atoms with Gasteiger partial charge in [-0.2, -0.15) is 0 Å². The van der Waals surface area contributed by atoms with Crippen LogP contribution in [-0.4, -0.2) is 12.9 Å². The first-order valence-electron chi connectivity index (χ1n) is 5.16. The van der Waals surface area contributed by atoms with Gasteiger partial charge in [0.25, 0.3) is 0 Å². The molecule has 0 aliphatic heterocycles. The predicted octanol–water partition coefficient (Wildman–Crippen LogP) is 2.69. The minimum Gasteiger partial charge on any atom is -0.498 e. The highest BCUT2D eigenvalue weighted by Gasteiger charge is 2.27. The molecule has 0 bridgehead atoms. The lowest BCUT2D eigenvalue weighted by atomic mass is 10.2. The summed E-state index contributed by atoms with van der Waals surface area (Å²) in [5.74, 6) is 1.46. The first kappa shape index (κ1) is 10.3. The standard InChI is InChI=1S/C11H18O2/c1-2-3-4-9-13-11(7-8-12)10-5-6-10/h7-8,10H,2-6,9H2,1H3. The minimum atomic E-state index is 0.548. The average Bonchev–Trinajstić information content (AvgIpc) is 2.93. The van der Waals surface area contributed by atoms with Gasteiger partial charge in [-0.1, -0.05) is 19.8 Å². The molecule has 0 N–H and O–H groups in total. The van der Waals surface area contributed by atoms with Crippen molar-refractivity contribution in [2.45, 2.75) is 39.0 Å². The zero-order valence-corrected chi connectivity index (χ0v) is 8.29. The third-order valence-corrected chi connectivity index (χ3v) is 2.23. The molecule has 0 aromatic heterocycles. The van der Waals surface area contributed by atoms with Crippen LogP contribution < -0.4 is 0 Å². The molecule has 1 aliphatic rings. The van der Waals surface area contributed by atoms with E-state index in [4.69, 9.17) is 4.74 Å². The number of unbranched alkanes of at least 4 members (excludes halogenated alkanes) is 2. The zero-order valence-electron chi connectivity index (χ0n) is 8.29. The van der Waals surface area contributed by atoms with Gasteiger partial charge in [-0.05, 0) is 19.3 Å². The van der Waals surface area contributed by atoms with Crippen LogP contribution in [0, 0.1) is 5.92 Å². The van der Waals surface area contributed by atoms with E-state index in [1.165, 1.54) is 25.7 Å². The fourth-order valence-corrected chi connectivity index (χ4v) is 1.28. The maximum absolute atomic E-state index is 10.3. The van der Waals surface area contributed by atoms with E-state index in [9.17, 15) is 4.79 Å². The molecule has 1 fully saturated rings. The number of allylic oxidation sites excluding steroid dienone is 2. The summed E-state index contributed by atoms with van der Waals surface area (Å²) >= 11 is 0. The van der Waals surface area contributed by atoms with Gasteiger partial charge in [0.2, 0.25) is 0 Å². The summed E-state index contributed by atoms with van der Waals surface area (Å²) in [6.07, 6.45) is 8.29. The van der Waals surface area contributed by atoms with Crippen molar-refractivity contribution in [3.05, 3.63) is 11.8 Å². The van der Waals surface area contributed by atoms with E-state index < -0.39 is 0 Å². The lowest BCUT2D eigenvalue weighted by molar-refractivity contribution is -0.104. The Balaban J connectivity index is 2.15. The second-order valence-corrected chi connectivity index (χ2v) is 3.53. The smallest absolute Gasteiger partial charge is 0.146 e. The van der Waals surface area contributed by atoms with Crippen molar-refractivity contribution in [2.75, 3.05) is 6.61 Å². The van der Waals surface area contributed by atoms with E-state index in [-0.39, 0.29) is 0 Å². The minimum absolute atomic E-state index is 0.548. The van der Waals surface area contributed by atoms with Gasteiger partial charge in [0.1, 0.15) is 12.0 Å². The highest BCUT2D eigenvalue weighted by atomic mass is 16.5. The summed E-state index contributed by atoms with van der Waals surface area (Å²) in [4.78, 5) is 10.3. The number of hydrogen-bond donors (Lipinski definition) is 0. The zero-order chi connectivity index (χ0) is 9.52. The molecule has 2 heteroatoms. The van der Waals surface area contributed by atoms with Crippen LogP contribution >= 0.6 is 0 Å². The lowest BCUT2D eigenvalue weighted by Crippen LogP contribution is -1.97. The van der Waals surface area contributed by atoms with Gasteiger partial charge in [-0.15, -0.1) is 0 Å². The summed E-state index contributed by atoms with van der Waals surface area (Å²) in [5, 5.41) is 0. The molecule has 0 heterocycles. The lowest BCUT2D eigenvalue weighted by Gasteiger charge is -2.07. The highest BCUT2D eigenvalue weighted by molar-refractivity contribution is 5.65. The summed E-state index contributed by atoms with van der Waals surface area (Å²) in [6, 6.07) is 0. The van der Waals surface area contributed by atoms with E-state index in [0.717, 1.165) is 25.1 Å². The predicted molar refractivity (Wildman–Crippen MR) is 52.3 cm³/mol. The van der Waals surface area contributed by atoms with Gasteiger partial charge in [-0.3, -0.25) is 4.79 Å². The molecule has 0 spiro atoms. The summed E-state index contributed by atoms with van der Waals surface area (Å²) < 4.78 is 5.54. The van der Waals surface area contributed by atoms with Gasteiger partial charge >= 0.3 is 0 Å². The molecule has 0 amide bonds. The Hall–Kier alpha value is -0.790. The maximum atomic E-state index is 10.3. The first-order valence-corrected chi connectivity index (χ1v) is 5.16. The molecule has 74 valence electrons. The Morgan fingerprint density at radius 1 is 1.46 bits per heavy atom. The third-order valence-electron chi connectivity index (χ3n) is 2.23. The molecular formula is C11H18O2. The molecule has 0 unspecified atom stereocenters. The van der Waals surface area contributed by atoms with Crippen molar-refractivity contribution in [1.82, 2.24) is 0 Å². The fraction of sp³-hybridized carbons (Fsp3) is 0.727. The molecule has 1 aliphatic carbocycles. The second kappa shape index (κ2) is 5.79. The monoisotopic (exact) mass is 182 g/mol. The van der Waals surface area contributed by atoms with Crippen LogP contribution in [0.4, 0.5) is 0 Å². The largest absolute Gasteiger partial charge is 0.498 e. The van der Waals surface area contributed by atoms with E-state index >= 15 is 0 Å². The first-order chi connectivity index (χ1) is 6.38. The van der Waals surface area contributed by atoms with Crippen LogP contribution in [-0.2, 0) is 9.53 Å². The van der Waals surface area contributed by atoms with Crippen molar-refractivity contribution in [2.24, 2.45) is 5.92 Å². The number of hydrogen-bond acceptors (Lipinski definition) is 2. The average molecular weight is 182 g/mol. The van der Waals surface area contributed by atoms with Crippen molar-refractivity contribution in [3.8, 4) is 0 Å². The van der Waals surface area contributed by atoms with E-state index in [1.54, 1.807) is 6.08 Å². The molecule has 0 saturated heterocycles. The molecule has 0 aromatic carbocycles. The Morgan fingerprint density at radius 3 is 2.77 bits per heavy atom.